The Bertz CT molecular complexity index is 998. The summed E-state index contributed by atoms with van der Waals surface area (Å²) in [6, 6.07) is 9.87. The Morgan fingerprint density at radius 2 is 1.77 bits per heavy atom. The van der Waals surface area contributed by atoms with Crippen LogP contribution in [-0.2, 0) is 10.0 Å². The Balaban J connectivity index is 2.03. The van der Waals surface area contributed by atoms with E-state index >= 15 is 0 Å². The lowest BCUT2D eigenvalue weighted by Gasteiger charge is -2.10. The molecule has 3 aromatic rings. The maximum atomic E-state index is 12.4. The Kier molecular flexibility index (Phi) is 3.54. The minimum absolute atomic E-state index is 0.193. The van der Waals surface area contributed by atoms with Crippen molar-refractivity contribution in [3.63, 3.8) is 0 Å². The topological polar surface area (TPSA) is 76.4 Å². The number of anilines is 1. The highest BCUT2D eigenvalue weighted by molar-refractivity contribution is 7.92. The van der Waals surface area contributed by atoms with Crippen molar-refractivity contribution in [2.75, 3.05) is 4.72 Å². The minimum Gasteiger partial charge on any atom is -0.414 e. The zero-order valence-corrected chi connectivity index (χ0v) is 13.5. The van der Waals surface area contributed by atoms with E-state index in [1.54, 1.807) is 43.3 Å². The second kappa shape index (κ2) is 5.26. The molecule has 0 unspecified atom stereocenters. The van der Waals surface area contributed by atoms with E-state index in [1.165, 1.54) is 0 Å². The van der Waals surface area contributed by atoms with Gasteiger partial charge in [0.2, 0.25) is 0 Å². The van der Waals surface area contributed by atoms with Crippen LogP contribution in [0.25, 0.3) is 10.3 Å². The van der Waals surface area contributed by atoms with E-state index < -0.39 is 15.0 Å². The van der Waals surface area contributed by atoms with E-state index in [0.29, 0.717) is 21.5 Å². The number of aryl methyl sites for hydroxylation is 2. The summed E-state index contributed by atoms with van der Waals surface area (Å²) in [5.74, 6) is 0. The number of rotatable bonds is 3. The molecule has 114 valence electrons. The van der Waals surface area contributed by atoms with Gasteiger partial charge in [0.15, 0.2) is 0 Å². The van der Waals surface area contributed by atoms with Crippen LogP contribution in [0.2, 0.25) is 0 Å². The predicted octanol–water partition coefficient (Wildman–Crippen LogP) is 3.27. The molecule has 1 aromatic heterocycles. The molecule has 0 amide bonds. The first-order chi connectivity index (χ1) is 10.3. The van der Waals surface area contributed by atoms with Crippen LogP contribution < -0.4 is 9.66 Å². The maximum absolute atomic E-state index is 12.4. The van der Waals surface area contributed by atoms with E-state index in [9.17, 15) is 13.2 Å². The molecule has 0 bridgehead atoms. The molecule has 0 spiro atoms. The highest BCUT2D eigenvalue weighted by Crippen LogP contribution is 2.27. The zero-order chi connectivity index (χ0) is 15.9. The normalized spacial score (nSPS) is 11.7. The summed E-state index contributed by atoms with van der Waals surface area (Å²) in [6.07, 6.45) is 0. The van der Waals surface area contributed by atoms with E-state index in [4.69, 9.17) is 4.42 Å². The molecule has 0 fully saturated rings. The summed E-state index contributed by atoms with van der Waals surface area (Å²) in [6.45, 7) is 3.65. The molecular formula is C15H13NO4S2. The van der Waals surface area contributed by atoms with Gasteiger partial charge < -0.3 is 4.42 Å². The van der Waals surface area contributed by atoms with Gasteiger partial charge in [-0.3, -0.25) is 4.72 Å². The number of hydrogen-bond acceptors (Lipinski definition) is 5. The van der Waals surface area contributed by atoms with Crippen molar-refractivity contribution >= 4 is 37.3 Å². The average Bonchev–Trinajstić information content (AvgIpc) is 2.78. The predicted molar refractivity (Wildman–Crippen MR) is 87.1 cm³/mol. The molecule has 1 heterocycles. The van der Waals surface area contributed by atoms with Crippen molar-refractivity contribution < 1.29 is 12.8 Å². The van der Waals surface area contributed by atoms with Crippen LogP contribution >= 0.6 is 11.3 Å². The van der Waals surface area contributed by atoms with Gasteiger partial charge in [-0.25, -0.2) is 13.2 Å². The Labute approximate surface area is 131 Å². The average molecular weight is 335 g/mol. The summed E-state index contributed by atoms with van der Waals surface area (Å²) in [4.78, 5) is 11.0. The Hall–Kier alpha value is -2.12. The van der Waals surface area contributed by atoms with Crippen LogP contribution in [-0.4, -0.2) is 8.42 Å². The Morgan fingerprint density at radius 3 is 2.45 bits per heavy atom. The van der Waals surface area contributed by atoms with Crippen LogP contribution in [0.1, 0.15) is 11.1 Å². The summed E-state index contributed by atoms with van der Waals surface area (Å²) in [7, 11) is -3.67. The van der Waals surface area contributed by atoms with Crippen molar-refractivity contribution in [3.05, 3.63) is 57.3 Å². The van der Waals surface area contributed by atoms with Crippen molar-refractivity contribution in [2.24, 2.45) is 0 Å². The van der Waals surface area contributed by atoms with Gasteiger partial charge in [-0.1, -0.05) is 29.0 Å². The summed E-state index contributed by atoms with van der Waals surface area (Å²) < 4.78 is 33.0. The molecular weight excluding hydrogens is 322 g/mol. The molecule has 0 aliphatic heterocycles. The van der Waals surface area contributed by atoms with E-state index in [1.807, 2.05) is 6.92 Å². The number of benzene rings is 2. The van der Waals surface area contributed by atoms with Gasteiger partial charge in [-0.05, 0) is 43.7 Å². The molecule has 3 rings (SSSR count). The van der Waals surface area contributed by atoms with Crippen LogP contribution in [0.3, 0.4) is 0 Å². The number of hydrogen-bond donors (Lipinski definition) is 1. The van der Waals surface area contributed by atoms with Gasteiger partial charge in [0.05, 0.1) is 15.3 Å². The van der Waals surface area contributed by atoms with E-state index in [2.05, 4.69) is 4.72 Å². The number of nitrogens with one attached hydrogen (secondary N) is 1. The van der Waals surface area contributed by atoms with Crippen molar-refractivity contribution in [1.29, 1.82) is 0 Å². The second-order valence-corrected chi connectivity index (χ2v) is 7.65. The fourth-order valence-electron chi connectivity index (χ4n) is 2.05. The first-order valence-corrected chi connectivity index (χ1v) is 8.79. The second-order valence-electron chi connectivity index (χ2n) is 4.99. The molecule has 7 heteroatoms. The maximum Gasteiger partial charge on any atom is 0.396 e. The minimum atomic E-state index is -3.67. The van der Waals surface area contributed by atoms with Gasteiger partial charge in [0.1, 0.15) is 5.58 Å². The van der Waals surface area contributed by atoms with Crippen molar-refractivity contribution in [2.45, 2.75) is 18.7 Å². The lowest BCUT2D eigenvalue weighted by molar-refractivity contribution is 0.585. The van der Waals surface area contributed by atoms with Crippen LogP contribution in [0, 0.1) is 13.8 Å². The lowest BCUT2D eigenvalue weighted by Crippen LogP contribution is -2.13. The summed E-state index contributed by atoms with van der Waals surface area (Å²) >= 11 is 0.942. The van der Waals surface area contributed by atoms with Crippen LogP contribution in [0.4, 0.5) is 5.69 Å². The summed E-state index contributed by atoms with van der Waals surface area (Å²) in [5.41, 5.74) is 2.57. The molecule has 0 saturated carbocycles. The highest BCUT2D eigenvalue weighted by atomic mass is 32.2. The van der Waals surface area contributed by atoms with E-state index in [0.717, 1.165) is 16.9 Å². The molecule has 0 radical (unpaired) electrons. The van der Waals surface area contributed by atoms with Crippen molar-refractivity contribution in [3.8, 4) is 0 Å². The standard InChI is InChI=1S/C15H13NO4S2/c1-9-3-5-11(6-4-9)22(18,19)16-12-8-14-13(7-10(12)2)20-15(17)21-14/h3-8,16H,1-2H3. The molecule has 0 saturated heterocycles. The van der Waals surface area contributed by atoms with Crippen molar-refractivity contribution in [1.82, 2.24) is 0 Å². The first-order valence-electron chi connectivity index (χ1n) is 6.49. The van der Waals surface area contributed by atoms with Gasteiger partial charge in [-0.15, -0.1) is 0 Å². The van der Waals surface area contributed by atoms with Gasteiger partial charge in [0, 0.05) is 0 Å². The Morgan fingerprint density at radius 1 is 1.09 bits per heavy atom. The molecule has 0 aliphatic rings. The first kappa shape index (κ1) is 14.8. The number of fused-ring (bicyclic) bond motifs is 1. The molecule has 5 nitrogen and oxygen atoms in total. The molecule has 2 aromatic carbocycles. The van der Waals surface area contributed by atoms with Gasteiger partial charge in [0.25, 0.3) is 10.0 Å². The monoisotopic (exact) mass is 335 g/mol. The fraction of sp³-hybridized carbons (Fsp3) is 0.133. The molecule has 1 N–H and O–H groups in total. The fourth-order valence-corrected chi connectivity index (χ4v) is 3.86. The molecule has 22 heavy (non-hydrogen) atoms. The lowest BCUT2D eigenvalue weighted by atomic mass is 10.2. The van der Waals surface area contributed by atoms with E-state index in [-0.39, 0.29) is 4.90 Å². The number of sulfonamides is 1. The van der Waals surface area contributed by atoms with Crippen LogP contribution in [0.15, 0.2) is 50.5 Å². The third kappa shape index (κ3) is 2.77. The molecule has 0 atom stereocenters. The third-order valence-corrected chi connectivity index (χ3v) is 5.42. The SMILES string of the molecule is Cc1ccc(S(=O)(=O)Nc2cc3sc(=O)oc3cc2C)cc1. The highest BCUT2D eigenvalue weighted by Gasteiger charge is 2.16. The zero-order valence-electron chi connectivity index (χ0n) is 11.9. The quantitative estimate of drug-likeness (QED) is 0.797. The smallest absolute Gasteiger partial charge is 0.396 e. The van der Waals surface area contributed by atoms with Crippen LogP contribution in [0.5, 0.6) is 0 Å². The third-order valence-electron chi connectivity index (χ3n) is 3.25. The summed E-state index contributed by atoms with van der Waals surface area (Å²) in [5, 5.41) is 0. The molecule has 0 aliphatic carbocycles. The van der Waals surface area contributed by atoms with Gasteiger partial charge in [-0.2, -0.15) is 0 Å². The largest absolute Gasteiger partial charge is 0.414 e. The van der Waals surface area contributed by atoms with Gasteiger partial charge >= 0.3 is 4.94 Å².